The quantitative estimate of drug-likeness (QED) is 0.890. The molecule has 108 valence electrons. The highest BCUT2D eigenvalue weighted by molar-refractivity contribution is 5.77. The Morgan fingerprint density at radius 1 is 1.40 bits per heavy atom. The van der Waals surface area contributed by atoms with Gasteiger partial charge in [0.25, 0.3) is 0 Å². The Balaban J connectivity index is 1.41. The van der Waals surface area contributed by atoms with E-state index in [1.807, 2.05) is 31.2 Å². The number of benzene rings is 1. The number of carbonyl (C=O) groups excluding carboxylic acids is 1. The van der Waals surface area contributed by atoms with Crippen LogP contribution in [0, 0.1) is 12.8 Å². The van der Waals surface area contributed by atoms with E-state index in [1.165, 1.54) is 0 Å². The molecule has 0 aromatic heterocycles. The molecule has 4 nitrogen and oxygen atoms in total. The number of likely N-dealkylation sites (tertiary alicyclic amines) is 1. The van der Waals surface area contributed by atoms with E-state index < -0.39 is 5.60 Å². The minimum atomic E-state index is -0.591. The molecule has 0 unspecified atom stereocenters. The molecule has 0 bridgehead atoms. The minimum absolute atomic E-state index is 0.0731. The summed E-state index contributed by atoms with van der Waals surface area (Å²) in [6, 6.07) is 7.79. The Hall–Kier alpha value is -1.55. The van der Waals surface area contributed by atoms with Gasteiger partial charge in [-0.15, -0.1) is 0 Å². The number of rotatable bonds is 5. The highest BCUT2D eigenvalue weighted by Gasteiger charge is 2.52. The largest absolute Gasteiger partial charge is 0.493 e. The maximum absolute atomic E-state index is 12.0. The molecule has 2 aliphatic rings. The summed E-state index contributed by atoms with van der Waals surface area (Å²) in [6.45, 7) is 3.38. The predicted molar refractivity (Wildman–Crippen MR) is 75.5 cm³/mol. The Kier molecular flexibility index (Phi) is 3.42. The van der Waals surface area contributed by atoms with Gasteiger partial charge in [-0.2, -0.15) is 0 Å². The summed E-state index contributed by atoms with van der Waals surface area (Å²) in [5.74, 6) is 1.33. The first-order valence-electron chi connectivity index (χ1n) is 7.27. The number of ether oxygens (including phenoxy) is 1. The van der Waals surface area contributed by atoms with Crippen molar-refractivity contribution in [1.82, 2.24) is 4.90 Å². The smallest absolute Gasteiger partial charge is 0.226 e. The fourth-order valence-electron chi connectivity index (χ4n) is 2.79. The SMILES string of the molecule is Cc1ccccc1OCCC(=O)N1CC(O)(C2CC2)C1. The van der Waals surface area contributed by atoms with Gasteiger partial charge in [-0.1, -0.05) is 18.2 Å². The third kappa shape index (κ3) is 2.66. The molecule has 20 heavy (non-hydrogen) atoms. The molecule has 1 aliphatic carbocycles. The second-order valence-electron chi connectivity index (χ2n) is 5.99. The molecule has 1 aromatic carbocycles. The molecule has 1 saturated carbocycles. The zero-order chi connectivity index (χ0) is 14.2. The second kappa shape index (κ2) is 5.09. The van der Waals surface area contributed by atoms with Gasteiger partial charge in [0.1, 0.15) is 11.4 Å². The lowest BCUT2D eigenvalue weighted by Gasteiger charge is -2.47. The van der Waals surface area contributed by atoms with Crippen LogP contribution in [-0.2, 0) is 4.79 Å². The van der Waals surface area contributed by atoms with E-state index >= 15 is 0 Å². The Labute approximate surface area is 119 Å². The van der Waals surface area contributed by atoms with Gasteiger partial charge in [0.2, 0.25) is 5.91 Å². The average molecular weight is 275 g/mol. The van der Waals surface area contributed by atoms with Gasteiger partial charge < -0.3 is 14.7 Å². The van der Waals surface area contributed by atoms with E-state index in [1.54, 1.807) is 4.90 Å². The third-order valence-corrected chi connectivity index (χ3v) is 4.29. The summed E-state index contributed by atoms with van der Waals surface area (Å²) in [7, 11) is 0. The molecule has 4 heteroatoms. The number of hydrogen-bond acceptors (Lipinski definition) is 3. The first-order valence-corrected chi connectivity index (χ1v) is 7.27. The maximum Gasteiger partial charge on any atom is 0.226 e. The Bertz CT molecular complexity index is 504. The van der Waals surface area contributed by atoms with Crippen LogP contribution in [0.15, 0.2) is 24.3 Å². The second-order valence-corrected chi connectivity index (χ2v) is 5.99. The van der Waals surface area contributed by atoms with Crippen LogP contribution in [0.3, 0.4) is 0 Å². The zero-order valence-corrected chi connectivity index (χ0v) is 11.8. The molecule has 1 aliphatic heterocycles. The van der Waals surface area contributed by atoms with Gasteiger partial charge in [0, 0.05) is 0 Å². The predicted octanol–water partition coefficient (Wildman–Crippen LogP) is 1.75. The number of amides is 1. The molecular formula is C16H21NO3. The van der Waals surface area contributed by atoms with E-state index in [0.29, 0.717) is 32.0 Å². The average Bonchev–Trinajstić information content (AvgIpc) is 3.21. The highest BCUT2D eigenvalue weighted by atomic mass is 16.5. The Morgan fingerprint density at radius 3 is 2.75 bits per heavy atom. The molecule has 0 spiro atoms. The van der Waals surface area contributed by atoms with Gasteiger partial charge in [-0.3, -0.25) is 4.79 Å². The molecule has 1 saturated heterocycles. The number of nitrogens with zero attached hydrogens (tertiary/aromatic N) is 1. The summed E-state index contributed by atoms with van der Waals surface area (Å²) in [4.78, 5) is 13.7. The van der Waals surface area contributed by atoms with E-state index in [9.17, 15) is 9.90 Å². The molecular weight excluding hydrogens is 254 g/mol. The van der Waals surface area contributed by atoms with E-state index in [4.69, 9.17) is 4.74 Å². The first kappa shape index (κ1) is 13.4. The number of para-hydroxylation sites is 1. The van der Waals surface area contributed by atoms with Crippen LogP contribution in [0.25, 0.3) is 0 Å². The maximum atomic E-state index is 12.0. The van der Waals surface area contributed by atoms with Crippen LogP contribution in [0.2, 0.25) is 0 Å². The van der Waals surface area contributed by atoms with Gasteiger partial charge >= 0.3 is 0 Å². The molecule has 1 amide bonds. The molecule has 3 rings (SSSR count). The summed E-state index contributed by atoms with van der Waals surface area (Å²) in [6.07, 6.45) is 2.58. The number of aliphatic hydroxyl groups is 1. The molecule has 0 atom stereocenters. The van der Waals surface area contributed by atoms with Gasteiger partial charge in [-0.25, -0.2) is 0 Å². The molecule has 2 fully saturated rings. The summed E-state index contributed by atoms with van der Waals surface area (Å²) in [5.41, 5.74) is 0.485. The Morgan fingerprint density at radius 2 is 2.10 bits per heavy atom. The lowest BCUT2D eigenvalue weighted by molar-refractivity contribution is -0.159. The highest BCUT2D eigenvalue weighted by Crippen LogP contribution is 2.44. The van der Waals surface area contributed by atoms with Crippen molar-refractivity contribution in [1.29, 1.82) is 0 Å². The van der Waals surface area contributed by atoms with Crippen LogP contribution in [0.4, 0.5) is 0 Å². The number of carbonyl (C=O) groups is 1. The summed E-state index contributed by atoms with van der Waals surface area (Å²) < 4.78 is 5.63. The standard InChI is InChI=1S/C16H21NO3/c1-12-4-2-3-5-14(12)20-9-8-15(18)17-10-16(19,11-17)13-6-7-13/h2-5,13,19H,6-11H2,1H3. The first-order chi connectivity index (χ1) is 9.58. The summed E-state index contributed by atoms with van der Waals surface area (Å²) in [5, 5.41) is 10.2. The van der Waals surface area contributed by atoms with Gasteiger partial charge in [0.15, 0.2) is 0 Å². The van der Waals surface area contributed by atoms with E-state index in [-0.39, 0.29) is 5.91 Å². The lowest BCUT2D eigenvalue weighted by Crippen LogP contribution is -2.64. The van der Waals surface area contributed by atoms with Crippen LogP contribution < -0.4 is 4.74 Å². The third-order valence-electron chi connectivity index (χ3n) is 4.29. The van der Waals surface area contributed by atoms with Crippen molar-refractivity contribution < 1.29 is 14.6 Å². The van der Waals surface area contributed by atoms with Crippen LogP contribution in [-0.4, -0.2) is 41.2 Å². The molecule has 0 radical (unpaired) electrons. The topological polar surface area (TPSA) is 49.8 Å². The number of hydrogen-bond donors (Lipinski definition) is 1. The van der Waals surface area contributed by atoms with Crippen molar-refractivity contribution in [3.8, 4) is 5.75 Å². The van der Waals surface area contributed by atoms with Crippen LogP contribution in [0.5, 0.6) is 5.75 Å². The van der Waals surface area contributed by atoms with Crippen molar-refractivity contribution in [3.63, 3.8) is 0 Å². The van der Waals surface area contributed by atoms with Crippen LogP contribution >= 0.6 is 0 Å². The summed E-state index contributed by atoms with van der Waals surface area (Å²) >= 11 is 0. The molecule has 1 heterocycles. The molecule has 1 aromatic rings. The van der Waals surface area contributed by atoms with Crippen LogP contribution in [0.1, 0.15) is 24.8 Å². The van der Waals surface area contributed by atoms with Crippen molar-refractivity contribution in [3.05, 3.63) is 29.8 Å². The van der Waals surface area contributed by atoms with Crippen molar-refractivity contribution >= 4 is 5.91 Å². The van der Waals surface area contributed by atoms with Gasteiger partial charge in [0.05, 0.1) is 26.1 Å². The fraction of sp³-hybridized carbons (Fsp3) is 0.562. The number of β-amino-alcohol motifs (C(OH)–C–C–N with tert-alkyl or cyclic N) is 1. The van der Waals surface area contributed by atoms with Crippen molar-refractivity contribution in [2.45, 2.75) is 31.8 Å². The van der Waals surface area contributed by atoms with Gasteiger partial charge in [-0.05, 0) is 37.3 Å². The van der Waals surface area contributed by atoms with E-state index in [2.05, 4.69) is 0 Å². The zero-order valence-electron chi connectivity index (χ0n) is 11.8. The van der Waals surface area contributed by atoms with Crippen molar-refractivity contribution in [2.75, 3.05) is 19.7 Å². The lowest BCUT2D eigenvalue weighted by atomic mass is 9.88. The number of aryl methyl sites for hydroxylation is 1. The van der Waals surface area contributed by atoms with E-state index in [0.717, 1.165) is 24.2 Å². The van der Waals surface area contributed by atoms with Crippen molar-refractivity contribution in [2.24, 2.45) is 5.92 Å². The minimum Gasteiger partial charge on any atom is -0.493 e. The molecule has 1 N–H and O–H groups in total. The normalized spacial score (nSPS) is 20.4. The fourth-order valence-corrected chi connectivity index (χ4v) is 2.79. The monoisotopic (exact) mass is 275 g/mol.